The predicted octanol–water partition coefficient (Wildman–Crippen LogP) is 1.89. The third-order valence-corrected chi connectivity index (χ3v) is 1.71. The SMILES string of the molecule is BC(C)(F)C(C)CC(F)(F)F. The molecule has 0 saturated carbocycles. The second kappa shape index (κ2) is 3.03. The molecule has 0 amide bonds. The Morgan fingerprint density at radius 1 is 1.27 bits per heavy atom. The summed E-state index contributed by atoms with van der Waals surface area (Å²) in [4.78, 5) is 0. The molecule has 0 heterocycles. The minimum absolute atomic E-state index is 0.984. The zero-order chi connectivity index (χ0) is 9.28. The smallest absolute Gasteiger partial charge is 0.254 e. The number of rotatable bonds is 2. The highest BCUT2D eigenvalue weighted by atomic mass is 19.4. The van der Waals surface area contributed by atoms with Crippen LogP contribution in [0.4, 0.5) is 17.6 Å². The van der Waals surface area contributed by atoms with Crippen LogP contribution in [0.15, 0.2) is 0 Å². The van der Waals surface area contributed by atoms with Crippen LogP contribution in [-0.2, 0) is 0 Å². The normalized spacial score (nSPS) is 20.9. The van der Waals surface area contributed by atoms with Crippen LogP contribution in [0.25, 0.3) is 0 Å². The molecule has 11 heavy (non-hydrogen) atoms. The van der Waals surface area contributed by atoms with E-state index in [0.29, 0.717) is 0 Å². The Morgan fingerprint density at radius 3 is 1.73 bits per heavy atom. The topological polar surface area (TPSA) is 0 Å². The quantitative estimate of drug-likeness (QED) is 0.438. The standard InChI is InChI=1S/C6H11BF4/c1-4(5(2,7)8)3-6(9,10)11/h4H,3,7H2,1-2H3. The van der Waals surface area contributed by atoms with Crippen molar-refractivity contribution in [3.63, 3.8) is 0 Å². The first-order valence-corrected chi connectivity index (χ1v) is 3.38. The summed E-state index contributed by atoms with van der Waals surface area (Å²) in [6.07, 6.45) is -5.32. The Balaban J connectivity index is 3.99. The Labute approximate surface area is 64.4 Å². The Kier molecular flexibility index (Phi) is 2.97. The van der Waals surface area contributed by atoms with E-state index in [0.717, 1.165) is 14.8 Å². The van der Waals surface area contributed by atoms with Gasteiger partial charge in [0.2, 0.25) is 0 Å². The maximum Gasteiger partial charge on any atom is 0.389 e. The van der Waals surface area contributed by atoms with E-state index in [1.54, 1.807) is 0 Å². The van der Waals surface area contributed by atoms with Gasteiger partial charge in [-0.1, -0.05) is 6.92 Å². The molecule has 2 atom stereocenters. The van der Waals surface area contributed by atoms with Crippen molar-refractivity contribution in [2.75, 3.05) is 0 Å². The molecule has 0 rings (SSSR count). The molecular weight excluding hydrogens is 159 g/mol. The molecular formula is C6H11BF4. The van der Waals surface area contributed by atoms with Crippen molar-refractivity contribution < 1.29 is 17.6 Å². The van der Waals surface area contributed by atoms with Gasteiger partial charge in [0.15, 0.2) is 0 Å². The highest BCUT2D eigenvalue weighted by Crippen LogP contribution is 2.30. The second-order valence-corrected chi connectivity index (χ2v) is 3.28. The third-order valence-electron chi connectivity index (χ3n) is 1.71. The Bertz CT molecular complexity index is 124. The largest absolute Gasteiger partial charge is 0.389 e. The monoisotopic (exact) mass is 170 g/mol. The summed E-state index contributed by atoms with van der Waals surface area (Å²) in [5.74, 6) is -0.984. The van der Waals surface area contributed by atoms with Crippen LogP contribution in [0.1, 0.15) is 20.3 Å². The van der Waals surface area contributed by atoms with Crippen molar-refractivity contribution in [3.05, 3.63) is 0 Å². The van der Waals surface area contributed by atoms with Crippen LogP contribution < -0.4 is 0 Å². The van der Waals surface area contributed by atoms with E-state index in [2.05, 4.69) is 0 Å². The van der Waals surface area contributed by atoms with E-state index < -0.39 is 24.1 Å². The number of hydrogen-bond donors (Lipinski definition) is 0. The van der Waals surface area contributed by atoms with E-state index in [4.69, 9.17) is 0 Å². The lowest BCUT2D eigenvalue weighted by atomic mass is 9.74. The van der Waals surface area contributed by atoms with Gasteiger partial charge in [0, 0.05) is 6.42 Å². The minimum atomic E-state index is -4.26. The third kappa shape index (κ3) is 5.10. The van der Waals surface area contributed by atoms with Gasteiger partial charge >= 0.3 is 6.18 Å². The lowest BCUT2D eigenvalue weighted by molar-refractivity contribution is -0.149. The minimum Gasteiger partial charge on any atom is -0.254 e. The molecule has 0 aliphatic rings. The molecule has 0 aromatic carbocycles. The van der Waals surface area contributed by atoms with Crippen molar-refractivity contribution in [1.82, 2.24) is 0 Å². The zero-order valence-corrected chi connectivity index (χ0v) is 6.80. The molecule has 2 unspecified atom stereocenters. The molecule has 0 nitrogen and oxygen atoms in total. The summed E-state index contributed by atoms with van der Waals surface area (Å²) < 4.78 is 47.8. The van der Waals surface area contributed by atoms with Crippen LogP contribution in [0.3, 0.4) is 0 Å². The molecule has 0 aromatic rings. The fraction of sp³-hybridized carbons (Fsp3) is 1.00. The highest BCUT2D eigenvalue weighted by Gasteiger charge is 2.36. The lowest BCUT2D eigenvalue weighted by Crippen LogP contribution is -2.31. The van der Waals surface area contributed by atoms with Crippen LogP contribution in [-0.4, -0.2) is 19.6 Å². The van der Waals surface area contributed by atoms with Gasteiger partial charge in [-0.25, -0.2) is 0 Å². The van der Waals surface area contributed by atoms with Gasteiger partial charge in [-0.15, -0.1) is 0 Å². The molecule has 0 radical (unpaired) electrons. The van der Waals surface area contributed by atoms with Gasteiger partial charge in [-0.05, 0) is 12.8 Å². The summed E-state index contributed by atoms with van der Waals surface area (Å²) in [6.45, 7) is 2.41. The fourth-order valence-electron chi connectivity index (χ4n) is 0.590. The molecule has 5 heteroatoms. The van der Waals surface area contributed by atoms with Crippen LogP contribution >= 0.6 is 0 Å². The predicted molar refractivity (Wildman–Crippen MR) is 37.9 cm³/mol. The Morgan fingerprint density at radius 2 is 1.64 bits per heavy atom. The van der Waals surface area contributed by atoms with Crippen LogP contribution in [0.2, 0.25) is 0 Å². The zero-order valence-electron chi connectivity index (χ0n) is 6.80. The first-order valence-electron chi connectivity index (χ1n) is 3.38. The number of alkyl halides is 4. The first-order chi connectivity index (χ1) is 4.63. The van der Waals surface area contributed by atoms with Gasteiger partial charge in [-0.3, -0.25) is 4.39 Å². The lowest BCUT2D eigenvalue weighted by Gasteiger charge is -2.24. The average Bonchev–Trinajstić information content (AvgIpc) is 1.56. The van der Waals surface area contributed by atoms with E-state index in [9.17, 15) is 17.6 Å². The van der Waals surface area contributed by atoms with Crippen molar-refractivity contribution in [3.8, 4) is 0 Å². The molecule has 0 aliphatic heterocycles. The second-order valence-electron chi connectivity index (χ2n) is 3.28. The van der Waals surface area contributed by atoms with E-state index in [-0.39, 0.29) is 0 Å². The van der Waals surface area contributed by atoms with E-state index in [1.165, 1.54) is 6.92 Å². The van der Waals surface area contributed by atoms with Gasteiger partial charge in [-0.2, -0.15) is 13.2 Å². The maximum absolute atomic E-state index is 12.8. The van der Waals surface area contributed by atoms with Crippen molar-refractivity contribution in [1.29, 1.82) is 0 Å². The summed E-state index contributed by atoms with van der Waals surface area (Å²) >= 11 is 0. The number of halogens is 4. The molecule has 66 valence electrons. The van der Waals surface area contributed by atoms with Crippen molar-refractivity contribution in [2.45, 2.75) is 32.0 Å². The molecule has 0 aromatic heterocycles. The molecule has 0 aliphatic carbocycles. The summed E-state index contributed by atoms with van der Waals surface area (Å²) in [6, 6.07) is 0. The molecule has 0 N–H and O–H groups in total. The van der Waals surface area contributed by atoms with Gasteiger partial charge in [0.1, 0.15) is 7.85 Å². The molecule has 0 spiro atoms. The first kappa shape index (κ1) is 10.8. The fourth-order valence-corrected chi connectivity index (χ4v) is 0.590. The number of hydrogen-bond acceptors (Lipinski definition) is 0. The molecule has 0 fully saturated rings. The van der Waals surface area contributed by atoms with Crippen molar-refractivity contribution in [2.24, 2.45) is 5.92 Å². The van der Waals surface area contributed by atoms with Gasteiger partial charge < -0.3 is 0 Å². The molecule has 0 bridgehead atoms. The summed E-state index contributed by atoms with van der Waals surface area (Å²) in [5.41, 5.74) is -1.75. The maximum atomic E-state index is 12.8. The molecule has 0 saturated heterocycles. The van der Waals surface area contributed by atoms with Crippen LogP contribution in [0.5, 0.6) is 0 Å². The van der Waals surface area contributed by atoms with E-state index >= 15 is 0 Å². The van der Waals surface area contributed by atoms with Crippen LogP contribution in [0, 0.1) is 5.92 Å². The van der Waals surface area contributed by atoms with Gasteiger partial charge in [0.25, 0.3) is 0 Å². The van der Waals surface area contributed by atoms with E-state index in [1.807, 2.05) is 0 Å². The van der Waals surface area contributed by atoms with Crippen molar-refractivity contribution >= 4 is 7.85 Å². The summed E-state index contributed by atoms with van der Waals surface area (Å²) in [5, 5.41) is 0. The summed E-state index contributed by atoms with van der Waals surface area (Å²) in [7, 11) is 1.16. The average molecular weight is 170 g/mol. The van der Waals surface area contributed by atoms with Gasteiger partial charge in [0.05, 0.1) is 5.57 Å². The highest BCUT2D eigenvalue weighted by molar-refractivity contribution is 6.14. The Hall–Kier alpha value is -0.215.